The fourth-order valence-electron chi connectivity index (χ4n) is 1.45. The molecule has 0 aliphatic rings. The maximum absolute atomic E-state index is 5.94. The van der Waals surface area contributed by atoms with Crippen LogP contribution in [0.15, 0.2) is 46.0 Å². The number of hydrogen-bond donors (Lipinski definition) is 2. The minimum absolute atomic E-state index is 0.172. The fourth-order valence-corrected chi connectivity index (χ4v) is 3.45. The van der Waals surface area contributed by atoms with Gasteiger partial charge >= 0.3 is 0 Å². The van der Waals surface area contributed by atoms with E-state index in [0.29, 0.717) is 0 Å². The quantitative estimate of drug-likeness (QED) is 0.499. The lowest BCUT2D eigenvalue weighted by Gasteiger charge is -2.14. The third kappa shape index (κ3) is 3.72. The van der Waals surface area contributed by atoms with Gasteiger partial charge in [-0.1, -0.05) is 17.7 Å². The number of halogens is 1. The van der Waals surface area contributed by atoms with Gasteiger partial charge in [0.05, 0.1) is 6.04 Å². The van der Waals surface area contributed by atoms with Gasteiger partial charge in [-0.3, -0.25) is 11.3 Å². The molecule has 2 nitrogen and oxygen atoms in total. The first-order valence-corrected chi connectivity index (χ1v) is 7.47. The summed E-state index contributed by atoms with van der Waals surface area (Å²) in [6, 6.07) is 10.1. The van der Waals surface area contributed by atoms with Crippen molar-refractivity contribution >= 4 is 34.7 Å². The van der Waals surface area contributed by atoms with Crippen LogP contribution in [0.2, 0.25) is 5.02 Å². The number of benzene rings is 1. The molecule has 1 heterocycles. The largest absolute Gasteiger partial charge is 0.271 e. The Morgan fingerprint density at radius 3 is 2.94 bits per heavy atom. The van der Waals surface area contributed by atoms with Crippen molar-refractivity contribution in [2.75, 3.05) is 5.75 Å². The molecule has 2 aromatic rings. The average molecular weight is 285 g/mol. The Hall–Kier alpha value is -0.520. The molecule has 1 atom stereocenters. The molecule has 0 radical (unpaired) electrons. The Kier molecular flexibility index (Phi) is 4.88. The normalized spacial score (nSPS) is 12.6. The summed E-state index contributed by atoms with van der Waals surface area (Å²) in [4.78, 5) is 1.16. The molecule has 0 aliphatic heterocycles. The van der Waals surface area contributed by atoms with E-state index in [4.69, 9.17) is 17.4 Å². The van der Waals surface area contributed by atoms with Crippen LogP contribution in [0.5, 0.6) is 0 Å². The van der Waals surface area contributed by atoms with E-state index in [0.717, 1.165) is 15.7 Å². The Bertz CT molecular complexity index is 459. The second-order valence-corrected chi connectivity index (χ2v) is 5.85. The lowest BCUT2D eigenvalue weighted by Crippen LogP contribution is -2.29. The standard InChI is InChI=1S/C12H13ClN2S2/c13-10-2-1-3-11(6-10)17-8-12(15-14)9-4-5-16-7-9/h1-7,12,15H,8,14H2. The summed E-state index contributed by atoms with van der Waals surface area (Å²) in [5.74, 6) is 6.46. The van der Waals surface area contributed by atoms with Crippen LogP contribution in [0, 0.1) is 0 Å². The van der Waals surface area contributed by atoms with Gasteiger partial charge in [-0.2, -0.15) is 11.3 Å². The summed E-state index contributed by atoms with van der Waals surface area (Å²) in [5, 5.41) is 4.94. The monoisotopic (exact) mass is 284 g/mol. The second-order valence-electron chi connectivity index (χ2n) is 3.54. The van der Waals surface area contributed by atoms with Crippen LogP contribution >= 0.6 is 34.7 Å². The number of rotatable bonds is 5. The maximum atomic E-state index is 5.94. The zero-order valence-corrected chi connectivity index (χ0v) is 11.5. The molecule has 2 rings (SSSR count). The van der Waals surface area contributed by atoms with E-state index >= 15 is 0 Å². The first-order chi connectivity index (χ1) is 8.29. The number of hydrogen-bond acceptors (Lipinski definition) is 4. The fraction of sp³-hybridized carbons (Fsp3) is 0.167. The van der Waals surface area contributed by atoms with E-state index in [-0.39, 0.29) is 6.04 Å². The SMILES string of the molecule is NNC(CSc1cccc(Cl)c1)c1ccsc1. The first kappa shape index (κ1) is 12.9. The van der Waals surface area contributed by atoms with E-state index in [1.807, 2.05) is 18.2 Å². The number of hydrazine groups is 1. The van der Waals surface area contributed by atoms with Crippen molar-refractivity contribution in [2.24, 2.45) is 5.84 Å². The first-order valence-electron chi connectivity index (χ1n) is 5.16. The predicted molar refractivity (Wildman–Crippen MR) is 76.6 cm³/mol. The molecular formula is C12H13ClN2S2. The van der Waals surface area contributed by atoms with Crippen molar-refractivity contribution in [1.29, 1.82) is 0 Å². The third-order valence-corrected chi connectivity index (χ3v) is 4.38. The van der Waals surface area contributed by atoms with Gasteiger partial charge in [-0.25, -0.2) is 0 Å². The van der Waals surface area contributed by atoms with E-state index < -0.39 is 0 Å². The van der Waals surface area contributed by atoms with Crippen LogP contribution in [0.1, 0.15) is 11.6 Å². The molecule has 0 bridgehead atoms. The van der Waals surface area contributed by atoms with Crippen molar-refractivity contribution in [1.82, 2.24) is 5.43 Å². The van der Waals surface area contributed by atoms with Crippen molar-refractivity contribution in [2.45, 2.75) is 10.9 Å². The number of nitrogens with one attached hydrogen (secondary N) is 1. The summed E-state index contributed by atoms with van der Waals surface area (Å²) in [5.41, 5.74) is 4.07. The summed E-state index contributed by atoms with van der Waals surface area (Å²) >= 11 is 9.37. The van der Waals surface area contributed by atoms with Crippen LogP contribution in [-0.4, -0.2) is 5.75 Å². The summed E-state index contributed by atoms with van der Waals surface area (Å²) < 4.78 is 0. The van der Waals surface area contributed by atoms with Gasteiger partial charge < -0.3 is 0 Å². The van der Waals surface area contributed by atoms with Gasteiger partial charge in [-0.05, 0) is 40.6 Å². The summed E-state index contributed by atoms with van der Waals surface area (Å²) in [6.45, 7) is 0. The van der Waals surface area contributed by atoms with Crippen LogP contribution in [0.4, 0.5) is 0 Å². The number of nitrogens with two attached hydrogens (primary N) is 1. The molecule has 0 aliphatic carbocycles. The molecule has 0 fully saturated rings. The molecule has 3 N–H and O–H groups in total. The summed E-state index contributed by atoms with van der Waals surface area (Å²) in [6.07, 6.45) is 0. The van der Waals surface area contributed by atoms with Crippen molar-refractivity contribution in [3.8, 4) is 0 Å². The van der Waals surface area contributed by atoms with Crippen molar-refractivity contribution in [3.63, 3.8) is 0 Å². The Morgan fingerprint density at radius 2 is 2.29 bits per heavy atom. The molecule has 5 heteroatoms. The lowest BCUT2D eigenvalue weighted by molar-refractivity contribution is 0.612. The van der Waals surface area contributed by atoms with Gasteiger partial charge in [0, 0.05) is 15.7 Å². The number of thiophene rings is 1. The van der Waals surface area contributed by atoms with Gasteiger partial charge in [0.2, 0.25) is 0 Å². The number of thioether (sulfide) groups is 1. The lowest BCUT2D eigenvalue weighted by atomic mass is 10.2. The minimum Gasteiger partial charge on any atom is -0.271 e. The zero-order chi connectivity index (χ0) is 12.1. The molecule has 17 heavy (non-hydrogen) atoms. The van der Waals surface area contributed by atoms with Gasteiger partial charge in [0.1, 0.15) is 0 Å². The van der Waals surface area contributed by atoms with Crippen LogP contribution < -0.4 is 11.3 Å². The predicted octanol–water partition coefficient (Wildman–Crippen LogP) is 3.70. The average Bonchev–Trinajstić information content (AvgIpc) is 2.84. The van der Waals surface area contributed by atoms with E-state index in [1.54, 1.807) is 23.1 Å². The van der Waals surface area contributed by atoms with Crippen LogP contribution in [-0.2, 0) is 0 Å². The second kappa shape index (κ2) is 6.42. The smallest absolute Gasteiger partial charge is 0.0562 e. The molecule has 0 saturated carbocycles. The maximum Gasteiger partial charge on any atom is 0.0562 e. The highest BCUT2D eigenvalue weighted by molar-refractivity contribution is 7.99. The van der Waals surface area contributed by atoms with Gasteiger partial charge in [0.25, 0.3) is 0 Å². The molecular weight excluding hydrogens is 272 g/mol. The minimum atomic E-state index is 0.172. The molecule has 0 saturated heterocycles. The van der Waals surface area contributed by atoms with E-state index in [9.17, 15) is 0 Å². The van der Waals surface area contributed by atoms with E-state index in [1.165, 1.54) is 5.56 Å². The van der Waals surface area contributed by atoms with Crippen LogP contribution in [0.25, 0.3) is 0 Å². The van der Waals surface area contributed by atoms with Gasteiger partial charge in [-0.15, -0.1) is 11.8 Å². The Morgan fingerprint density at radius 1 is 1.41 bits per heavy atom. The highest BCUT2D eigenvalue weighted by Crippen LogP contribution is 2.27. The molecule has 1 aromatic heterocycles. The molecule has 1 aromatic carbocycles. The van der Waals surface area contributed by atoms with Crippen molar-refractivity contribution < 1.29 is 0 Å². The van der Waals surface area contributed by atoms with Gasteiger partial charge in [0.15, 0.2) is 0 Å². The molecule has 90 valence electrons. The summed E-state index contributed by atoms with van der Waals surface area (Å²) in [7, 11) is 0. The molecule has 0 amide bonds. The topological polar surface area (TPSA) is 38.0 Å². The van der Waals surface area contributed by atoms with Crippen LogP contribution in [0.3, 0.4) is 0 Å². The van der Waals surface area contributed by atoms with Crippen molar-refractivity contribution in [3.05, 3.63) is 51.7 Å². The molecule has 1 unspecified atom stereocenters. The Balaban J connectivity index is 1.97. The highest BCUT2D eigenvalue weighted by atomic mass is 35.5. The molecule has 0 spiro atoms. The zero-order valence-electron chi connectivity index (χ0n) is 9.10. The van der Waals surface area contributed by atoms with E-state index in [2.05, 4.69) is 28.3 Å². The highest BCUT2D eigenvalue weighted by Gasteiger charge is 2.10. The third-order valence-electron chi connectivity index (χ3n) is 2.36. The Labute approximate surface area is 114 Å².